The largest absolute Gasteiger partial charge is 0.341 e. The minimum Gasteiger partial charge on any atom is -0.341 e. The van der Waals surface area contributed by atoms with Crippen molar-refractivity contribution in [2.24, 2.45) is 5.92 Å². The lowest BCUT2D eigenvalue weighted by Gasteiger charge is -2.35. The smallest absolute Gasteiger partial charge is 0.240 e. The van der Waals surface area contributed by atoms with E-state index in [0.29, 0.717) is 31.8 Å². The van der Waals surface area contributed by atoms with Crippen LogP contribution >= 0.6 is 0 Å². The zero-order valence-corrected chi connectivity index (χ0v) is 12.4. The molecule has 2 heterocycles. The summed E-state index contributed by atoms with van der Waals surface area (Å²) in [5.74, 6) is 0.478. The minimum absolute atomic E-state index is 0.152. The van der Waals surface area contributed by atoms with Gasteiger partial charge in [0.25, 0.3) is 0 Å². The number of amides is 1. The summed E-state index contributed by atoms with van der Waals surface area (Å²) in [6, 6.07) is 0. The number of hydrogen-bond donors (Lipinski definition) is 1. The highest BCUT2D eigenvalue weighted by Gasteiger charge is 2.38. The molecule has 2 atom stereocenters. The molecule has 110 valence electrons. The van der Waals surface area contributed by atoms with Crippen LogP contribution in [0.15, 0.2) is 0 Å². The van der Waals surface area contributed by atoms with E-state index in [1.54, 1.807) is 4.90 Å². The predicted octanol–water partition coefficient (Wildman–Crippen LogP) is 0.412. The van der Waals surface area contributed by atoms with Crippen molar-refractivity contribution < 1.29 is 13.2 Å². The van der Waals surface area contributed by atoms with Gasteiger partial charge < -0.3 is 10.2 Å². The highest BCUT2D eigenvalue weighted by molar-refractivity contribution is 7.92. The lowest BCUT2D eigenvalue weighted by molar-refractivity contribution is -0.132. The molecule has 2 fully saturated rings. The Morgan fingerprint density at radius 3 is 2.74 bits per heavy atom. The molecule has 0 aromatic heterocycles. The number of rotatable bonds is 3. The lowest BCUT2D eigenvalue weighted by atomic mass is 9.97. The van der Waals surface area contributed by atoms with Gasteiger partial charge in [-0.05, 0) is 45.2 Å². The number of carbonyl (C=O) groups excluding carboxylic acids is 1. The summed E-state index contributed by atoms with van der Waals surface area (Å²) < 4.78 is 24.0. The molecule has 1 amide bonds. The second kappa shape index (κ2) is 6.22. The average Bonchev–Trinajstić information content (AvgIpc) is 2.38. The first kappa shape index (κ1) is 14.8. The van der Waals surface area contributed by atoms with Gasteiger partial charge >= 0.3 is 0 Å². The molecule has 0 bridgehead atoms. The van der Waals surface area contributed by atoms with Crippen LogP contribution in [-0.2, 0) is 14.6 Å². The van der Waals surface area contributed by atoms with Crippen molar-refractivity contribution in [3.63, 3.8) is 0 Å². The normalized spacial score (nSPS) is 31.1. The Labute approximate surface area is 115 Å². The van der Waals surface area contributed by atoms with E-state index in [-0.39, 0.29) is 11.7 Å². The van der Waals surface area contributed by atoms with E-state index in [1.165, 1.54) is 0 Å². The first-order chi connectivity index (χ1) is 9.04. The molecular formula is C13H24N2O3S. The predicted molar refractivity (Wildman–Crippen MR) is 74.7 cm³/mol. The van der Waals surface area contributed by atoms with E-state index in [4.69, 9.17) is 0 Å². The molecule has 0 aromatic carbocycles. The van der Waals surface area contributed by atoms with Gasteiger partial charge in [0.05, 0.1) is 5.75 Å². The molecule has 2 unspecified atom stereocenters. The van der Waals surface area contributed by atoms with Gasteiger partial charge in [-0.25, -0.2) is 8.42 Å². The number of carbonyl (C=O) groups is 1. The van der Waals surface area contributed by atoms with Crippen LogP contribution < -0.4 is 5.32 Å². The molecule has 0 saturated carbocycles. The van der Waals surface area contributed by atoms with Crippen molar-refractivity contribution >= 4 is 15.7 Å². The van der Waals surface area contributed by atoms with Gasteiger partial charge in [-0.3, -0.25) is 4.79 Å². The summed E-state index contributed by atoms with van der Waals surface area (Å²) >= 11 is 0. The van der Waals surface area contributed by atoms with Gasteiger partial charge in [0.2, 0.25) is 5.91 Å². The molecule has 0 aliphatic carbocycles. The van der Waals surface area contributed by atoms with E-state index < -0.39 is 15.1 Å². The third kappa shape index (κ3) is 3.48. The maximum atomic E-state index is 12.4. The third-order valence-corrected chi connectivity index (χ3v) is 6.34. The lowest BCUT2D eigenvalue weighted by Crippen LogP contribution is -2.49. The van der Waals surface area contributed by atoms with Gasteiger partial charge in [0, 0.05) is 13.1 Å². The van der Waals surface area contributed by atoms with E-state index in [2.05, 4.69) is 5.32 Å². The number of nitrogens with one attached hydrogen (secondary N) is 1. The molecule has 6 heteroatoms. The maximum Gasteiger partial charge on any atom is 0.240 e. The van der Waals surface area contributed by atoms with Gasteiger partial charge in [0.15, 0.2) is 9.84 Å². The number of sulfone groups is 1. The highest BCUT2D eigenvalue weighted by atomic mass is 32.2. The van der Waals surface area contributed by atoms with Gasteiger partial charge in [-0.2, -0.15) is 0 Å². The van der Waals surface area contributed by atoms with Gasteiger partial charge in [-0.15, -0.1) is 0 Å². The summed E-state index contributed by atoms with van der Waals surface area (Å²) in [6.45, 7) is 2.30. The highest BCUT2D eigenvalue weighted by Crippen LogP contribution is 2.24. The van der Waals surface area contributed by atoms with Crippen LogP contribution in [-0.4, -0.2) is 56.9 Å². The zero-order valence-electron chi connectivity index (χ0n) is 11.6. The standard InChI is InChI=1S/C13H24N2O3S/c1-14-9-11-5-4-7-15(10-11)13(16)12-6-2-3-8-19(12,17)18/h11-12,14H,2-10H2,1H3. The van der Waals surface area contributed by atoms with Crippen LogP contribution in [0.1, 0.15) is 32.1 Å². The molecule has 2 rings (SSSR count). The first-order valence-electron chi connectivity index (χ1n) is 7.19. The fraction of sp³-hybridized carbons (Fsp3) is 0.923. The van der Waals surface area contributed by atoms with Crippen LogP contribution in [0.5, 0.6) is 0 Å². The van der Waals surface area contributed by atoms with Crippen molar-refractivity contribution in [2.45, 2.75) is 37.4 Å². The molecular weight excluding hydrogens is 264 g/mol. The fourth-order valence-corrected chi connectivity index (χ4v) is 5.03. The summed E-state index contributed by atoms with van der Waals surface area (Å²) in [6.07, 6.45) is 4.15. The van der Waals surface area contributed by atoms with Crippen molar-refractivity contribution in [3.05, 3.63) is 0 Å². The van der Waals surface area contributed by atoms with Crippen molar-refractivity contribution in [2.75, 3.05) is 32.4 Å². The van der Waals surface area contributed by atoms with Crippen LogP contribution in [0, 0.1) is 5.92 Å². The Morgan fingerprint density at radius 2 is 2.05 bits per heavy atom. The molecule has 0 aromatic rings. The monoisotopic (exact) mass is 288 g/mol. The van der Waals surface area contributed by atoms with Gasteiger partial charge in [0.1, 0.15) is 5.25 Å². The fourth-order valence-electron chi connectivity index (χ4n) is 3.16. The first-order valence-corrected chi connectivity index (χ1v) is 8.91. The molecule has 5 nitrogen and oxygen atoms in total. The molecule has 2 aliphatic heterocycles. The SMILES string of the molecule is CNCC1CCCN(C(=O)C2CCCCS2(=O)=O)C1. The van der Waals surface area contributed by atoms with E-state index in [1.807, 2.05) is 7.05 Å². The van der Waals surface area contributed by atoms with Crippen molar-refractivity contribution in [1.29, 1.82) is 0 Å². The molecule has 0 radical (unpaired) electrons. The molecule has 0 spiro atoms. The average molecular weight is 288 g/mol. The summed E-state index contributed by atoms with van der Waals surface area (Å²) in [7, 11) is -1.30. The van der Waals surface area contributed by atoms with Crippen molar-refractivity contribution in [1.82, 2.24) is 10.2 Å². The summed E-state index contributed by atoms with van der Waals surface area (Å²) in [4.78, 5) is 14.2. The summed E-state index contributed by atoms with van der Waals surface area (Å²) in [5.41, 5.74) is 0. The number of likely N-dealkylation sites (tertiary alicyclic amines) is 1. The summed E-state index contributed by atoms with van der Waals surface area (Å²) in [5, 5.41) is 2.37. The zero-order chi connectivity index (χ0) is 13.9. The molecule has 1 N–H and O–H groups in total. The maximum absolute atomic E-state index is 12.4. The molecule has 19 heavy (non-hydrogen) atoms. The van der Waals surface area contributed by atoms with Crippen LogP contribution in [0.4, 0.5) is 0 Å². The van der Waals surface area contributed by atoms with Gasteiger partial charge in [-0.1, -0.05) is 6.42 Å². The second-order valence-electron chi connectivity index (χ2n) is 5.70. The van der Waals surface area contributed by atoms with Crippen LogP contribution in [0.25, 0.3) is 0 Å². The van der Waals surface area contributed by atoms with E-state index in [0.717, 1.165) is 25.8 Å². The second-order valence-corrected chi connectivity index (χ2v) is 8.00. The Morgan fingerprint density at radius 1 is 1.26 bits per heavy atom. The Balaban J connectivity index is 2.02. The topological polar surface area (TPSA) is 66.5 Å². The van der Waals surface area contributed by atoms with Crippen LogP contribution in [0.2, 0.25) is 0 Å². The Hall–Kier alpha value is -0.620. The quantitative estimate of drug-likeness (QED) is 0.817. The van der Waals surface area contributed by atoms with Crippen molar-refractivity contribution in [3.8, 4) is 0 Å². The van der Waals surface area contributed by atoms with Crippen LogP contribution in [0.3, 0.4) is 0 Å². The molecule has 2 saturated heterocycles. The number of nitrogens with zero attached hydrogens (tertiary/aromatic N) is 1. The molecule has 2 aliphatic rings. The Kier molecular flexibility index (Phi) is 4.84. The van der Waals surface area contributed by atoms with E-state index >= 15 is 0 Å². The Bertz CT molecular complexity index is 420. The van der Waals surface area contributed by atoms with E-state index in [9.17, 15) is 13.2 Å². The number of piperidine rings is 1. The minimum atomic E-state index is -3.21. The third-order valence-electron chi connectivity index (χ3n) is 4.18. The number of hydrogen-bond acceptors (Lipinski definition) is 4.